The van der Waals surface area contributed by atoms with E-state index in [2.05, 4.69) is 15.3 Å². The standard InChI is InChI=1S/C13H17N3O4/c1-19-12(17)11-6-5-9(20-11)7-8-3-2-4-10(8)15-16-13(14)18/h5-6,8H,2-4,7H2,1H3,(H3,14,16,18)/b15-10-. The molecule has 0 spiro atoms. The molecule has 0 bridgehead atoms. The summed E-state index contributed by atoms with van der Waals surface area (Å²) in [5, 5.41) is 4.02. The summed E-state index contributed by atoms with van der Waals surface area (Å²) in [6.45, 7) is 0. The lowest BCUT2D eigenvalue weighted by atomic mass is 10.0. The van der Waals surface area contributed by atoms with Crippen molar-refractivity contribution in [2.24, 2.45) is 16.8 Å². The van der Waals surface area contributed by atoms with Crippen molar-refractivity contribution in [1.29, 1.82) is 0 Å². The van der Waals surface area contributed by atoms with Crippen molar-refractivity contribution in [1.82, 2.24) is 5.43 Å². The Kier molecular flexibility index (Phi) is 4.39. The van der Waals surface area contributed by atoms with Gasteiger partial charge in [-0.1, -0.05) is 0 Å². The second kappa shape index (κ2) is 6.23. The Bertz CT molecular complexity index is 535. The minimum Gasteiger partial charge on any atom is -0.463 e. The highest BCUT2D eigenvalue weighted by Crippen LogP contribution is 2.27. The van der Waals surface area contributed by atoms with Gasteiger partial charge in [-0.15, -0.1) is 0 Å². The monoisotopic (exact) mass is 279 g/mol. The van der Waals surface area contributed by atoms with Gasteiger partial charge in [0.25, 0.3) is 0 Å². The SMILES string of the molecule is COC(=O)c1ccc(CC2CCC/C2=N/NC(N)=O)o1. The van der Waals surface area contributed by atoms with Crippen LogP contribution in [0.3, 0.4) is 0 Å². The van der Waals surface area contributed by atoms with Crippen LogP contribution in [0.2, 0.25) is 0 Å². The lowest BCUT2D eigenvalue weighted by Crippen LogP contribution is -2.26. The van der Waals surface area contributed by atoms with Gasteiger partial charge in [-0.3, -0.25) is 0 Å². The highest BCUT2D eigenvalue weighted by molar-refractivity contribution is 5.89. The summed E-state index contributed by atoms with van der Waals surface area (Å²) >= 11 is 0. The molecule has 0 aliphatic heterocycles. The Morgan fingerprint density at radius 3 is 3.05 bits per heavy atom. The predicted octanol–water partition coefficient (Wildman–Crippen LogP) is 1.43. The number of rotatable bonds is 4. The topological polar surface area (TPSA) is 107 Å². The number of carbonyl (C=O) groups is 2. The third-order valence-electron chi connectivity index (χ3n) is 3.26. The molecule has 0 radical (unpaired) electrons. The molecule has 1 atom stereocenters. The van der Waals surface area contributed by atoms with Crippen molar-refractivity contribution in [3.8, 4) is 0 Å². The minimum absolute atomic E-state index is 0.189. The lowest BCUT2D eigenvalue weighted by molar-refractivity contribution is 0.0563. The molecule has 108 valence electrons. The molecule has 1 heterocycles. The molecule has 1 aromatic heterocycles. The molecule has 7 nitrogen and oxygen atoms in total. The van der Waals surface area contributed by atoms with Gasteiger partial charge in [0.15, 0.2) is 0 Å². The Morgan fingerprint density at radius 1 is 1.55 bits per heavy atom. The van der Waals surface area contributed by atoms with E-state index >= 15 is 0 Å². The molecule has 1 unspecified atom stereocenters. The highest BCUT2D eigenvalue weighted by atomic mass is 16.5. The van der Waals surface area contributed by atoms with Gasteiger partial charge in [-0.05, 0) is 31.4 Å². The number of esters is 1. The fourth-order valence-corrected chi connectivity index (χ4v) is 2.34. The molecule has 1 aliphatic carbocycles. The molecule has 1 fully saturated rings. The number of amides is 2. The van der Waals surface area contributed by atoms with Crippen LogP contribution in [0.5, 0.6) is 0 Å². The molecule has 7 heteroatoms. The van der Waals surface area contributed by atoms with Gasteiger partial charge in [-0.25, -0.2) is 15.0 Å². The Labute approximate surface area is 116 Å². The Morgan fingerprint density at radius 2 is 2.35 bits per heavy atom. The number of nitrogens with two attached hydrogens (primary N) is 1. The van der Waals surface area contributed by atoms with Gasteiger partial charge in [0, 0.05) is 18.1 Å². The average Bonchev–Trinajstić information content (AvgIpc) is 3.05. The van der Waals surface area contributed by atoms with Gasteiger partial charge >= 0.3 is 12.0 Å². The number of furan rings is 1. The minimum atomic E-state index is -0.672. The average molecular weight is 279 g/mol. The molecule has 1 aromatic rings. The van der Waals surface area contributed by atoms with Crippen LogP contribution < -0.4 is 11.2 Å². The third-order valence-corrected chi connectivity index (χ3v) is 3.26. The maximum Gasteiger partial charge on any atom is 0.373 e. The third kappa shape index (κ3) is 3.37. The smallest absolute Gasteiger partial charge is 0.373 e. The summed E-state index contributed by atoms with van der Waals surface area (Å²) in [4.78, 5) is 22.0. The molecular formula is C13H17N3O4. The fraction of sp³-hybridized carbons (Fsp3) is 0.462. The number of hydrazone groups is 1. The maximum absolute atomic E-state index is 11.3. The Hall–Kier alpha value is -2.31. The number of nitrogens with zero attached hydrogens (tertiary/aromatic N) is 1. The van der Waals surface area contributed by atoms with Crippen molar-refractivity contribution in [2.45, 2.75) is 25.7 Å². The molecular weight excluding hydrogens is 262 g/mol. The van der Waals surface area contributed by atoms with Gasteiger partial charge < -0.3 is 14.9 Å². The van der Waals surface area contributed by atoms with E-state index in [9.17, 15) is 9.59 Å². The van der Waals surface area contributed by atoms with Crippen LogP contribution in [0.15, 0.2) is 21.7 Å². The first-order valence-electron chi connectivity index (χ1n) is 6.39. The molecule has 3 N–H and O–H groups in total. The number of ether oxygens (including phenoxy) is 1. The van der Waals surface area contributed by atoms with E-state index in [0.717, 1.165) is 25.0 Å². The largest absolute Gasteiger partial charge is 0.463 e. The number of methoxy groups -OCH3 is 1. The van der Waals surface area contributed by atoms with Crippen molar-refractivity contribution in [2.75, 3.05) is 7.11 Å². The van der Waals surface area contributed by atoms with Crippen LogP contribution in [-0.4, -0.2) is 24.8 Å². The summed E-state index contributed by atoms with van der Waals surface area (Å²) in [5.41, 5.74) is 8.15. The molecule has 20 heavy (non-hydrogen) atoms. The number of hydrogen-bond donors (Lipinski definition) is 2. The first-order chi connectivity index (χ1) is 9.60. The normalized spacial score (nSPS) is 20.1. The number of nitrogens with one attached hydrogen (secondary N) is 1. The quantitative estimate of drug-likeness (QED) is 0.642. The van der Waals surface area contributed by atoms with Gasteiger partial charge in [0.05, 0.1) is 7.11 Å². The van der Waals surface area contributed by atoms with E-state index in [0.29, 0.717) is 12.2 Å². The summed E-state index contributed by atoms with van der Waals surface area (Å²) < 4.78 is 10.0. The van der Waals surface area contributed by atoms with Crippen LogP contribution in [-0.2, 0) is 11.2 Å². The van der Waals surface area contributed by atoms with Crippen LogP contribution in [0.4, 0.5) is 4.79 Å². The van der Waals surface area contributed by atoms with Gasteiger partial charge in [0.2, 0.25) is 5.76 Å². The number of carbonyl (C=O) groups excluding carboxylic acids is 2. The van der Waals surface area contributed by atoms with Crippen molar-refractivity contribution in [3.63, 3.8) is 0 Å². The number of primary amides is 1. The zero-order valence-electron chi connectivity index (χ0n) is 11.2. The van der Waals surface area contributed by atoms with Crippen LogP contribution in [0.25, 0.3) is 0 Å². The van der Waals surface area contributed by atoms with Crippen molar-refractivity contribution in [3.05, 3.63) is 23.7 Å². The number of hydrogen-bond acceptors (Lipinski definition) is 5. The number of urea groups is 1. The second-order valence-electron chi connectivity index (χ2n) is 4.63. The van der Waals surface area contributed by atoms with Crippen LogP contribution >= 0.6 is 0 Å². The highest BCUT2D eigenvalue weighted by Gasteiger charge is 2.25. The van der Waals surface area contributed by atoms with E-state index in [1.165, 1.54) is 7.11 Å². The summed E-state index contributed by atoms with van der Waals surface area (Å²) in [6, 6.07) is 2.67. The molecule has 0 saturated heterocycles. The molecule has 1 saturated carbocycles. The molecule has 0 aromatic carbocycles. The zero-order valence-corrected chi connectivity index (χ0v) is 11.2. The zero-order chi connectivity index (χ0) is 14.5. The first kappa shape index (κ1) is 14.1. The predicted molar refractivity (Wildman–Crippen MR) is 71.2 cm³/mol. The van der Waals surface area contributed by atoms with Crippen molar-refractivity contribution >= 4 is 17.7 Å². The van der Waals surface area contributed by atoms with E-state index in [1.54, 1.807) is 12.1 Å². The van der Waals surface area contributed by atoms with E-state index < -0.39 is 12.0 Å². The fourth-order valence-electron chi connectivity index (χ4n) is 2.34. The van der Waals surface area contributed by atoms with Crippen LogP contribution in [0.1, 0.15) is 35.6 Å². The summed E-state index contributed by atoms with van der Waals surface area (Å²) in [7, 11) is 1.31. The van der Waals surface area contributed by atoms with E-state index in [4.69, 9.17) is 10.2 Å². The first-order valence-corrected chi connectivity index (χ1v) is 6.39. The van der Waals surface area contributed by atoms with E-state index in [-0.39, 0.29) is 11.7 Å². The molecule has 1 aliphatic rings. The van der Waals surface area contributed by atoms with E-state index in [1.807, 2.05) is 0 Å². The summed E-state index contributed by atoms with van der Waals surface area (Å²) in [6.07, 6.45) is 3.44. The lowest BCUT2D eigenvalue weighted by Gasteiger charge is -2.08. The van der Waals surface area contributed by atoms with Crippen LogP contribution in [0, 0.1) is 5.92 Å². The second-order valence-corrected chi connectivity index (χ2v) is 4.63. The van der Waals surface area contributed by atoms with Crippen molar-refractivity contribution < 1.29 is 18.7 Å². The van der Waals surface area contributed by atoms with Gasteiger partial charge in [0.1, 0.15) is 5.76 Å². The molecule has 2 amide bonds. The molecule has 2 rings (SSSR count). The van der Waals surface area contributed by atoms with Gasteiger partial charge in [-0.2, -0.15) is 5.10 Å². The maximum atomic E-state index is 11.3. The summed E-state index contributed by atoms with van der Waals surface area (Å²) in [5.74, 6) is 0.587. The Balaban J connectivity index is 2.01.